The quantitative estimate of drug-likeness (QED) is 0.580. The Balaban J connectivity index is 2.81. The number of hydrogen-bond acceptors (Lipinski definition) is 2. The van der Waals surface area contributed by atoms with Gasteiger partial charge in [-0.05, 0) is 11.5 Å². The van der Waals surface area contributed by atoms with Crippen LogP contribution in [0, 0.1) is 0 Å². The summed E-state index contributed by atoms with van der Waals surface area (Å²) in [4.78, 5) is 0. The molecule has 2 N–H and O–H groups in total. The zero-order chi connectivity index (χ0) is 8.43. The predicted molar refractivity (Wildman–Crippen MR) is 41.7 cm³/mol. The van der Waals surface area contributed by atoms with E-state index in [0.29, 0.717) is 5.03 Å². The van der Waals surface area contributed by atoms with Gasteiger partial charge < -0.3 is 10.0 Å². The minimum absolute atomic E-state index is 0.0718. The fourth-order valence-corrected chi connectivity index (χ4v) is 1.11. The first-order chi connectivity index (χ1) is 5.11. The van der Waals surface area contributed by atoms with E-state index in [9.17, 15) is 4.39 Å². The Morgan fingerprint density at radius 3 is 2.73 bits per heavy atom. The lowest BCUT2D eigenvalue weighted by Crippen LogP contribution is -2.24. The molecule has 1 aliphatic carbocycles. The number of allylic oxidation sites excluding steroid dienone is 4. The molecule has 0 heterocycles. The van der Waals surface area contributed by atoms with Crippen LogP contribution in [0.4, 0.5) is 4.39 Å². The van der Waals surface area contributed by atoms with E-state index in [1.54, 1.807) is 0 Å². The second kappa shape index (κ2) is 3.39. The summed E-state index contributed by atoms with van der Waals surface area (Å²) in [7, 11) is -1.74. The summed E-state index contributed by atoms with van der Waals surface area (Å²) >= 11 is 5.52. The molecule has 0 aliphatic heterocycles. The largest absolute Gasteiger partial charge is 0.487 e. The maximum absolute atomic E-state index is 12.8. The van der Waals surface area contributed by atoms with Crippen molar-refractivity contribution >= 4 is 18.7 Å². The second-order valence-electron chi connectivity index (χ2n) is 2.31. The molecule has 0 amide bonds. The van der Waals surface area contributed by atoms with Crippen LogP contribution in [0.2, 0.25) is 0 Å². The van der Waals surface area contributed by atoms with Crippen LogP contribution in [-0.4, -0.2) is 23.3 Å². The van der Waals surface area contributed by atoms with E-state index in [1.165, 1.54) is 12.2 Å². The van der Waals surface area contributed by atoms with Gasteiger partial charge in [-0.15, -0.1) is 0 Å². The van der Waals surface area contributed by atoms with Gasteiger partial charge >= 0.3 is 7.12 Å². The van der Waals surface area contributed by atoms with Gasteiger partial charge in [-0.1, -0.05) is 17.7 Å². The van der Waals surface area contributed by atoms with Crippen molar-refractivity contribution in [3.8, 4) is 0 Å². The smallest absolute Gasteiger partial charge is 0.423 e. The summed E-state index contributed by atoms with van der Waals surface area (Å²) in [6.45, 7) is 0. The number of halogens is 2. The Bertz CT molecular complexity index is 215. The van der Waals surface area contributed by atoms with E-state index in [0.717, 1.165) is 0 Å². The van der Waals surface area contributed by atoms with E-state index >= 15 is 0 Å². The summed E-state index contributed by atoms with van der Waals surface area (Å²) in [5.74, 6) is 0. The fourth-order valence-electron chi connectivity index (χ4n) is 0.897. The molecule has 0 bridgehead atoms. The lowest BCUT2D eigenvalue weighted by atomic mass is 9.74. The van der Waals surface area contributed by atoms with Gasteiger partial charge in [0.15, 0.2) is 0 Å². The predicted octanol–water partition coefficient (Wildman–Crippen LogP) is 0.789. The van der Waals surface area contributed by atoms with Crippen molar-refractivity contribution in [2.24, 2.45) is 0 Å². The molecule has 1 rings (SSSR count). The Morgan fingerprint density at radius 1 is 1.64 bits per heavy atom. The molecule has 0 radical (unpaired) electrons. The van der Waals surface area contributed by atoms with Crippen LogP contribution < -0.4 is 0 Å². The van der Waals surface area contributed by atoms with Gasteiger partial charge in [-0.3, -0.25) is 0 Å². The summed E-state index contributed by atoms with van der Waals surface area (Å²) in [5.41, 5.74) is -0.0718. The van der Waals surface area contributed by atoms with Crippen LogP contribution in [0.5, 0.6) is 0 Å². The monoisotopic (exact) mass is 176 g/mol. The summed E-state index contributed by atoms with van der Waals surface area (Å²) in [6, 6.07) is 0. The molecular weight excluding hydrogens is 169 g/mol. The molecule has 1 unspecified atom stereocenters. The van der Waals surface area contributed by atoms with E-state index in [1.807, 2.05) is 0 Å². The third kappa shape index (κ3) is 2.05. The summed E-state index contributed by atoms with van der Waals surface area (Å²) < 4.78 is 12.8. The topological polar surface area (TPSA) is 40.5 Å². The van der Waals surface area contributed by atoms with Crippen LogP contribution in [0.25, 0.3) is 0 Å². The highest BCUT2D eigenvalue weighted by Gasteiger charge is 2.25. The molecule has 5 heteroatoms. The number of hydrogen-bond donors (Lipinski definition) is 2. The third-order valence-electron chi connectivity index (χ3n) is 1.48. The molecule has 0 saturated heterocycles. The number of alkyl halides is 1. The van der Waals surface area contributed by atoms with E-state index in [4.69, 9.17) is 21.6 Å². The van der Waals surface area contributed by atoms with Crippen molar-refractivity contribution in [3.63, 3.8) is 0 Å². The molecule has 1 aliphatic rings. The molecule has 0 saturated carbocycles. The first kappa shape index (κ1) is 8.78. The minimum atomic E-state index is -1.74. The molecule has 1 atom stereocenters. The van der Waals surface area contributed by atoms with Gasteiger partial charge in [0.2, 0.25) is 0 Å². The van der Waals surface area contributed by atoms with Crippen LogP contribution in [0.3, 0.4) is 0 Å². The molecule has 0 aromatic carbocycles. The van der Waals surface area contributed by atoms with Gasteiger partial charge in [0.1, 0.15) is 6.17 Å². The molecule has 11 heavy (non-hydrogen) atoms. The highest BCUT2D eigenvalue weighted by atomic mass is 35.5. The molecule has 0 aromatic heterocycles. The van der Waals surface area contributed by atoms with Crippen LogP contribution >= 0.6 is 11.6 Å². The Hall–Kier alpha value is -0.315. The molecule has 60 valence electrons. The highest BCUT2D eigenvalue weighted by Crippen LogP contribution is 2.23. The zero-order valence-corrected chi connectivity index (χ0v) is 6.42. The van der Waals surface area contributed by atoms with Crippen molar-refractivity contribution in [3.05, 3.63) is 22.7 Å². The first-order valence-electron chi connectivity index (χ1n) is 3.18. The Labute approximate surface area is 69.1 Å². The van der Waals surface area contributed by atoms with Gasteiger partial charge in [0.05, 0.1) is 0 Å². The molecule has 0 spiro atoms. The standard InChI is InChI=1S/C6H7BClFO2/c8-4-1-2-6(9)5(3-4)7(10)11/h1,3,6,10-11H,2H2. The van der Waals surface area contributed by atoms with E-state index < -0.39 is 13.3 Å². The van der Waals surface area contributed by atoms with Crippen molar-refractivity contribution in [1.29, 1.82) is 0 Å². The van der Waals surface area contributed by atoms with E-state index in [-0.39, 0.29) is 11.9 Å². The van der Waals surface area contributed by atoms with Gasteiger partial charge in [0, 0.05) is 11.5 Å². The van der Waals surface area contributed by atoms with E-state index in [2.05, 4.69) is 0 Å². The van der Waals surface area contributed by atoms with Crippen molar-refractivity contribution in [2.45, 2.75) is 12.6 Å². The average molecular weight is 176 g/mol. The minimum Gasteiger partial charge on any atom is -0.423 e. The van der Waals surface area contributed by atoms with Gasteiger partial charge in [-0.25, -0.2) is 4.39 Å². The zero-order valence-electron chi connectivity index (χ0n) is 5.67. The molecule has 0 fully saturated rings. The van der Waals surface area contributed by atoms with Crippen LogP contribution in [0.15, 0.2) is 22.7 Å². The fraction of sp³-hybridized carbons (Fsp3) is 0.333. The first-order valence-corrected chi connectivity index (χ1v) is 3.56. The maximum Gasteiger partial charge on any atom is 0.487 e. The molecule has 2 nitrogen and oxygen atoms in total. The average Bonchev–Trinajstić information content (AvgIpc) is 1.94. The van der Waals surface area contributed by atoms with Gasteiger partial charge in [0.25, 0.3) is 0 Å². The van der Waals surface area contributed by atoms with Gasteiger partial charge in [-0.2, -0.15) is 0 Å². The molecule has 0 aromatic rings. The lowest BCUT2D eigenvalue weighted by molar-refractivity contribution is 0.358. The summed E-state index contributed by atoms with van der Waals surface area (Å²) in [5, 5.41) is 17.6. The number of rotatable bonds is 1. The summed E-state index contributed by atoms with van der Waals surface area (Å²) in [6.07, 6.45) is 1.53. The van der Waals surface area contributed by atoms with Crippen LogP contribution in [0.1, 0.15) is 6.42 Å². The van der Waals surface area contributed by atoms with Crippen molar-refractivity contribution in [1.82, 2.24) is 0 Å². The third-order valence-corrected chi connectivity index (χ3v) is 1.75. The van der Waals surface area contributed by atoms with Crippen LogP contribution in [-0.2, 0) is 0 Å². The second-order valence-corrected chi connectivity index (χ2v) is 2.75. The Kier molecular flexibility index (Phi) is 2.70. The molecular formula is C6H7BClFO2. The normalized spacial score (nSPS) is 24.2. The maximum atomic E-state index is 12.8. The highest BCUT2D eigenvalue weighted by molar-refractivity contribution is 6.51. The SMILES string of the molecule is OB(O)C1=CC(Cl)=CCC1F. The van der Waals surface area contributed by atoms with Crippen molar-refractivity contribution < 1.29 is 14.4 Å². The lowest BCUT2D eigenvalue weighted by Gasteiger charge is -2.13. The Morgan fingerprint density at radius 2 is 2.27 bits per heavy atom. The van der Waals surface area contributed by atoms with Crippen molar-refractivity contribution in [2.75, 3.05) is 0 Å².